The van der Waals surface area contributed by atoms with Crippen molar-refractivity contribution in [3.63, 3.8) is 0 Å². The van der Waals surface area contributed by atoms with Gasteiger partial charge in [0.25, 0.3) is 0 Å². The summed E-state index contributed by atoms with van der Waals surface area (Å²) in [5.41, 5.74) is 10.6. The molecule has 1 saturated heterocycles. The van der Waals surface area contributed by atoms with Crippen LogP contribution in [0.25, 0.3) is 0 Å². The minimum absolute atomic E-state index is 0.279. The van der Waals surface area contributed by atoms with Crippen LogP contribution in [0.5, 0.6) is 0 Å². The van der Waals surface area contributed by atoms with Crippen molar-refractivity contribution >= 4 is 17.8 Å². The molecule has 0 unspecified atom stereocenters. The summed E-state index contributed by atoms with van der Waals surface area (Å²) in [6, 6.07) is 0.314. The van der Waals surface area contributed by atoms with Crippen molar-refractivity contribution in [2.24, 2.45) is 5.73 Å². The number of nitrogens with one attached hydrogen (secondary N) is 2. The molecular weight excluding hydrogens is 222 g/mol. The van der Waals surface area contributed by atoms with E-state index < -0.39 is 0 Å². The monoisotopic (exact) mass is 239 g/mol. The number of rotatable bonds is 4. The Labute approximate surface area is 98.7 Å². The van der Waals surface area contributed by atoms with Crippen molar-refractivity contribution in [3.8, 4) is 0 Å². The number of carbonyl (C=O) groups excluding carboxylic acids is 1. The number of carbonyl (C=O) groups is 1. The topological polar surface area (TPSA) is 126 Å². The van der Waals surface area contributed by atoms with E-state index >= 15 is 0 Å². The van der Waals surface area contributed by atoms with Gasteiger partial charge < -0.3 is 16.8 Å². The molecule has 0 aromatic carbocycles. The average Bonchev–Trinajstić information content (AvgIpc) is 2.66. The van der Waals surface area contributed by atoms with Crippen molar-refractivity contribution in [3.05, 3.63) is 0 Å². The van der Waals surface area contributed by atoms with Crippen molar-refractivity contribution in [2.75, 3.05) is 30.7 Å². The number of primary amides is 1. The number of nitrogens with zero attached hydrogens (tertiary/aromatic N) is 3. The molecule has 8 nitrogen and oxygen atoms in total. The number of hydrogen-bond donors (Lipinski definition) is 4. The van der Waals surface area contributed by atoms with Crippen molar-refractivity contribution < 1.29 is 4.79 Å². The first-order valence-corrected chi connectivity index (χ1v) is 5.58. The van der Waals surface area contributed by atoms with Gasteiger partial charge in [0.2, 0.25) is 17.8 Å². The minimum atomic E-state index is -0.279. The van der Waals surface area contributed by atoms with Crippen LogP contribution >= 0.6 is 0 Å². The first-order chi connectivity index (χ1) is 8.13. The zero-order chi connectivity index (χ0) is 12.3. The molecule has 2 heterocycles. The minimum Gasteiger partial charge on any atom is -0.369 e. The summed E-state index contributed by atoms with van der Waals surface area (Å²) < 4.78 is 0. The van der Waals surface area contributed by atoms with E-state index in [4.69, 9.17) is 11.5 Å². The predicted octanol–water partition coefficient (Wildman–Crippen LogP) is -1.25. The molecule has 0 bridgehead atoms. The quantitative estimate of drug-likeness (QED) is 0.520. The fraction of sp³-hybridized carbons (Fsp3) is 0.667. The number of hydrogen-bond acceptors (Lipinski definition) is 6. The Morgan fingerprint density at radius 1 is 1.53 bits per heavy atom. The largest absolute Gasteiger partial charge is 0.369 e. The molecule has 1 amide bonds. The maximum absolute atomic E-state index is 10.8. The Kier molecular flexibility index (Phi) is 3.43. The van der Waals surface area contributed by atoms with Gasteiger partial charge in [-0.25, -0.2) is 5.10 Å². The number of aromatic nitrogens is 3. The van der Waals surface area contributed by atoms with Crippen LogP contribution in [0.1, 0.15) is 12.8 Å². The molecule has 0 atom stereocenters. The molecule has 0 saturated carbocycles. The lowest BCUT2D eigenvalue weighted by molar-refractivity contribution is -0.119. The molecule has 2 rings (SSSR count). The van der Waals surface area contributed by atoms with Crippen LogP contribution in [0.3, 0.4) is 0 Å². The Bertz CT molecular complexity index is 382. The zero-order valence-corrected chi connectivity index (χ0v) is 9.52. The Morgan fingerprint density at radius 2 is 2.24 bits per heavy atom. The van der Waals surface area contributed by atoms with Gasteiger partial charge in [0, 0.05) is 19.1 Å². The van der Waals surface area contributed by atoms with Gasteiger partial charge >= 0.3 is 0 Å². The molecule has 6 N–H and O–H groups in total. The van der Waals surface area contributed by atoms with Crippen molar-refractivity contribution in [2.45, 2.75) is 18.9 Å². The van der Waals surface area contributed by atoms with E-state index in [1.54, 1.807) is 0 Å². The fourth-order valence-corrected chi connectivity index (χ4v) is 1.98. The first-order valence-electron chi connectivity index (χ1n) is 5.58. The highest BCUT2D eigenvalue weighted by molar-refractivity contribution is 5.75. The molecular formula is C9H17N7O. The highest BCUT2D eigenvalue weighted by atomic mass is 16.1. The van der Waals surface area contributed by atoms with Gasteiger partial charge in [-0.3, -0.25) is 9.69 Å². The van der Waals surface area contributed by atoms with Gasteiger partial charge in [0.05, 0.1) is 6.54 Å². The third-order valence-corrected chi connectivity index (χ3v) is 2.80. The molecule has 1 aromatic heterocycles. The fourth-order valence-electron chi connectivity index (χ4n) is 1.98. The van der Waals surface area contributed by atoms with E-state index in [1.165, 1.54) is 0 Å². The van der Waals surface area contributed by atoms with Crippen LogP contribution in [0.4, 0.5) is 11.9 Å². The number of likely N-dealkylation sites (tertiary alicyclic amines) is 1. The zero-order valence-electron chi connectivity index (χ0n) is 9.52. The smallest absolute Gasteiger partial charge is 0.243 e. The number of aromatic amines is 1. The number of anilines is 2. The first kappa shape index (κ1) is 11.6. The molecule has 1 fully saturated rings. The Balaban J connectivity index is 1.77. The average molecular weight is 239 g/mol. The molecule has 17 heavy (non-hydrogen) atoms. The van der Waals surface area contributed by atoms with E-state index in [2.05, 4.69) is 20.5 Å². The van der Waals surface area contributed by atoms with Crippen molar-refractivity contribution in [1.82, 2.24) is 20.1 Å². The summed E-state index contributed by atoms with van der Waals surface area (Å²) in [6.45, 7) is 2.03. The van der Waals surface area contributed by atoms with Crippen LogP contribution in [0, 0.1) is 0 Å². The molecule has 1 aromatic rings. The lowest BCUT2D eigenvalue weighted by atomic mass is 10.1. The Hall–Kier alpha value is -1.83. The van der Waals surface area contributed by atoms with E-state index in [0.29, 0.717) is 24.5 Å². The molecule has 1 aliphatic rings. The van der Waals surface area contributed by atoms with Crippen molar-refractivity contribution in [1.29, 1.82) is 0 Å². The lowest BCUT2D eigenvalue weighted by Gasteiger charge is -2.31. The van der Waals surface area contributed by atoms with Gasteiger partial charge in [0.1, 0.15) is 0 Å². The standard InChI is InChI=1S/C9H17N7O/c10-7(17)5-16-3-1-6(2-4-16)12-9-13-8(11)14-15-9/h6H,1-5H2,(H2,10,17)(H4,11,12,13,14,15). The third kappa shape index (κ3) is 3.31. The summed E-state index contributed by atoms with van der Waals surface area (Å²) >= 11 is 0. The SMILES string of the molecule is NC(=O)CN1CCC(Nc2n[nH]c(N)n2)CC1. The third-order valence-electron chi connectivity index (χ3n) is 2.80. The molecule has 0 radical (unpaired) electrons. The van der Waals surface area contributed by atoms with Crippen LogP contribution in [-0.2, 0) is 4.79 Å². The van der Waals surface area contributed by atoms with Gasteiger partial charge in [-0.15, -0.1) is 5.10 Å². The number of amides is 1. The van der Waals surface area contributed by atoms with Gasteiger partial charge in [-0.2, -0.15) is 4.98 Å². The summed E-state index contributed by atoms with van der Waals surface area (Å²) in [5.74, 6) is 0.549. The van der Waals surface area contributed by atoms with Gasteiger partial charge in [-0.1, -0.05) is 0 Å². The summed E-state index contributed by atoms with van der Waals surface area (Å²) in [5, 5.41) is 9.69. The van der Waals surface area contributed by atoms with Gasteiger partial charge in [-0.05, 0) is 12.8 Å². The van der Waals surface area contributed by atoms with Crippen LogP contribution in [0.15, 0.2) is 0 Å². The van der Waals surface area contributed by atoms with E-state index in [0.717, 1.165) is 25.9 Å². The molecule has 94 valence electrons. The maximum Gasteiger partial charge on any atom is 0.243 e. The van der Waals surface area contributed by atoms with E-state index in [-0.39, 0.29) is 5.91 Å². The second kappa shape index (κ2) is 5.00. The molecule has 1 aliphatic heterocycles. The van der Waals surface area contributed by atoms with E-state index in [1.807, 2.05) is 4.90 Å². The second-order valence-electron chi connectivity index (χ2n) is 4.21. The number of H-pyrrole nitrogens is 1. The van der Waals surface area contributed by atoms with E-state index in [9.17, 15) is 4.79 Å². The Morgan fingerprint density at radius 3 is 2.76 bits per heavy atom. The summed E-state index contributed by atoms with van der Waals surface area (Å²) in [4.78, 5) is 16.8. The van der Waals surface area contributed by atoms with Crippen LogP contribution in [0.2, 0.25) is 0 Å². The van der Waals surface area contributed by atoms with Crippen LogP contribution in [-0.4, -0.2) is 51.7 Å². The summed E-state index contributed by atoms with van der Waals surface area (Å²) in [7, 11) is 0. The molecule has 0 spiro atoms. The predicted molar refractivity (Wildman–Crippen MR) is 63.1 cm³/mol. The van der Waals surface area contributed by atoms with Gasteiger partial charge in [0.15, 0.2) is 0 Å². The molecule has 8 heteroatoms. The van der Waals surface area contributed by atoms with Crippen LogP contribution < -0.4 is 16.8 Å². The highest BCUT2D eigenvalue weighted by Crippen LogP contribution is 2.13. The lowest BCUT2D eigenvalue weighted by Crippen LogP contribution is -2.43. The number of nitrogens with two attached hydrogens (primary N) is 2. The molecule has 0 aliphatic carbocycles. The number of piperidine rings is 1. The number of nitrogen functional groups attached to an aromatic ring is 1. The second-order valence-corrected chi connectivity index (χ2v) is 4.21. The maximum atomic E-state index is 10.8. The summed E-state index contributed by atoms with van der Waals surface area (Å²) in [6.07, 6.45) is 1.86. The highest BCUT2D eigenvalue weighted by Gasteiger charge is 2.20. The normalized spacial score (nSPS) is 18.1.